The number of nitrogens with two attached hydrogens (primary N) is 1. The van der Waals surface area contributed by atoms with Gasteiger partial charge in [0.25, 0.3) is 5.91 Å². The number of amides is 7. The standard InChI is InChI=1S/C44H62N8O14/c1-23(2)18-30(50-42(63)36(24(3)4)52-39(60)28(45)16-17-34(54)55)41(62)49-29(19-26-12-8-6-9-13-26)37(58)43(64)51-31(21-35(56)57)40(61)47-25(5)38(59)46-22-33(53)48-32(44(65)66)20-27-14-10-7-11-15-27/h6-15,23-25,28-32,36-37,58H,16-22,45H2,1-5H3,(H,46,59)(H,47,61)(H,48,53)(H,49,62)(H,50,63)(H,51,64)(H,52,60)(H,54,55)(H,56,57)(H,65,66)/t25-,28-,29-,30-,31-,32-,36-,37+/m0/s1. The molecule has 0 saturated heterocycles. The van der Waals surface area contributed by atoms with Crippen molar-refractivity contribution in [3.8, 4) is 0 Å². The summed E-state index contributed by atoms with van der Waals surface area (Å²) in [5, 5.41) is 56.2. The second-order valence-corrected chi connectivity index (χ2v) is 16.5. The molecule has 0 aromatic heterocycles. The lowest BCUT2D eigenvalue weighted by atomic mass is 9.97. The molecule has 0 aliphatic heterocycles. The molecular weight excluding hydrogens is 865 g/mol. The fraction of sp³-hybridized carbons (Fsp3) is 0.500. The number of rotatable bonds is 28. The largest absolute Gasteiger partial charge is 0.481 e. The molecule has 0 fully saturated rings. The van der Waals surface area contributed by atoms with Crippen molar-refractivity contribution in [2.24, 2.45) is 17.6 Å². The second kappa shape index (κ2) is 27.4. The van der Waals surface area contributed by atoms with E-state index in [1.165, 1.54) is 6.92 Å². The summed E-state index contributed by atoms with van der Waals surface area (Å²) in [5.74, 6) is -11.4. The van der Waals surface area contributed by atoms with Crippen molar-refractivity contribution >= 4 is 59.3 Å². The molecule has 0 bridgehead atoms. The zero-order chi connectivity index (χ0) is 49.7. The number of benzene rings is 2. The van der Waals surface area contributed by atoms with Gasteiger partial charge in [-0.2, -0.15) is 0 Å². The lowest BCUT2D eigenvalue weighted by Gasteiger charge is -2.30. The second-order valence-electron chi connectivity index (χ2n) is 16.5. The minimum atomic E-state index is -2.14. The van der Waals surface area contributed by atoms with Crippen LogP contribution < -0.4 is 43.0 Å². The Bertz CT molecular complexity index is 2000. The number of carboxylic acid groups (broad SMARTS) is 3. The van der Waals surface area contributed by atoms with Gasteiger partial charge in [-0.15, -0.1) is 0 Å². The lowest BCUT2D eigenvalue weighted by molar-refractivity contribution is -0.142. The van der Waals surface area contributed by atoms with E-state index >= 15 is 0 Å². The van der Waals surface area contributed by atoms with Gasteiger partial charge < -0.3 is 63.4 Å². The molecular formula is C44H62N8O14. The molecule has 22 heteroatoms. The number of nitrogens with one attached hydrogen (secondary N) is 7. The van der Waals surface area contributed by atoms with E-state index in [-0.39, 0.29) is 38.0 Å². The van der Waals surface area contributed by atoms with Crippen LogP contribution in [0.5, 0.6) is 0 Å². The van der Waals surface area contributed by atoms with E-state index in [0.29, 0.717) is 11.1 Å². The molecule has 0 spiro atoms. The highest BCUT2D eigenvalue weighted by Crippen LogP contribution is 2.13. The lowest BCUT2D eigenvalue weighted by Crippen LogP contribution is -2.61. The molecule has 22 nitrogen and oxygen atoms in total. The zero-order valence-corrected chi connectivity index (χ0v) is 37.4. The first-order chi connectivity index (χ1) is 31.0. The van der Waals surface area contributed by atoms with Crippen molar-refractivity contribution in [2.75, 3.05) is 6.54 Å². The van der Waals surface area contributed by atoms with E-state index in [1.807, 2.05) is 0 Å². The molecule has 8 atom stereocenters. The highest BCUT2D eigenvalue weighted by atomic mass is 16.4. The van der Waals surface area contributed by atoms with Crippen molar-refractivity contribution in [3.63, 3.8) is 0 Å². The molecule has 7 amide bonds. The number of carbonyl (C=O) groups is 10. The van der Waals surface area contributed by atoms with Gasteiger partial charge in [-0.3, -0.25) is 43.2 Å². The van der Waals surface area contributed by atoms with Crippen LogP contribution in [0.1, 0.15) is 71.4 Å². The van der Waals surface area contributed by atoms with Crippen molar-refractivity contribution < 1.29 is 68.4 Å². The summed E-state index contributed by atoms with van der Waals surface area (Å²) < 4.78 is 0. The first kappa shape index (κ1) is 55.2. The summed E-state index contributed by atoms with van der Waals surface area (Å²) in [6, 6.07) is 6.98. The van der Waals surface area contributed by atoms with Crippen LogP contribution >= 0.6 is 0 Å². The van der Waals surface area contributed by atoms with E-state index in [0.717, 1.165) is 0 Å². The van der Waals surface area contributed by atoms with Crippen LogP contribution in [-0.2, 0) is 60.8 Å². The number of aliphatic hydroxyl groups is 1. The molecule has 362 valence electrons. The maximum absolute atomic E-state index is 14.0. The monoisotopic (exact) mass is 926 g/mol. The smallest absolute Gasteiger partial charge is 0.326 e. The van der Waals surface area contributed by atoms with Gasteiger partial charge in [0.1, 0.15) is 30.2 Å². The average Bonchev–Trinajstić information content (AvgIpc) is 3.25. The molecule has 2 aromatic rings. The number of aliphatic hydroxyl groups excluding tert-OH is 1. The van der Waals surface area contributed by atoms with Gasteiger partial charge in [0.15, 0.2) is 6.10 Å². The number of carboxylic acids is 3. The Morgan fingerprint density at radius 3 is 1.64 bits per heavy atom. The molecule has 0 aliphatic carbocycles. The third-order valence-corrected chi connectivity index (χ3v) is 9.97. The van der Waals surface area contributed by atoms with Crippen molar-refractivity contribution in [1.82, 2.24) is 37.2 Å². The molecule has 2 aromatic carbocycles. The number of hydrogen-bond acceptors (Lipinski definition) is 12. The van der Waals surface area contributed by atoms with Crippen molar-refractivity contribution in [3.05, 3.63) is 71.8 Å². The molecule has 0 radical (unpaired) electrons. The summed E-state index contributed by atoms with van der Waals surface area (Å²) in [7, 11) is 0. The molecule has 66 heavy (non-hydrogen) atoms. The van der Waals surface area contributed by atoms with Crippen LogP contribution in [0.25, 0.3) is 0 Å². The van der Waals surface area contributed by atoms with Gasteiger partial charge in [0.2, 0.25) is 35.4 Å². The predicted octanol–water partition coefficient (Wildman–Crippen LogP) is -1.67. The van der Waals surface area contributed by atoms with E-state index in [4.69, 9.17) is 10.8 Å². The topological polar surface area (TPSA) is 362 Å². The first-order valence-electron chi connectivity index (χ1n) is 21.3. The van der Waals surface area contributed by atoms with E-state index in [2.05, 4.69) is 37.2 Å². The zero-order valence-electron chi connectivity index (χ0n) is 37.4. The summed E-state index contributed by atoms with van der Waals surface area (Å²) in [4.78, 5) is 127. The highest BCUT2D eigenvalue weighted by Gasteiger charge is 2.36. The molecule has 13 N–H and O–H groups in total. The van der Waals surface area contributed by atoms with Crippen LogP contribution in [0.4, 0.5) is 0 Å². The minimum Gasteiger partial charge on any atom is -0.481 e. The summed E-state index contributed by atoms with van der Waals surface area (Å²) >= 11 is 0. The van der Waals surface area contributed by atoms with Gasteiger partial charge in [-0.25, -0.2) is 4.79 Å². The van der Waals surface area contributed by atoms with Crippen LogP contribution in [0, 0.1) is 11.8 Å². The van der Waals surface area contributed by atoms with Gasteiger partial charge in [-0.05, 0) is 49.1 Å². The summed E-state index contributed by atoms with van der Waals surface area (Å²) in [6.07, 6.45) is -3.91. The van der Waals surface area contributed by atoms with Gasteiger partial charge >= 0.3 is 17.9 Å². The SMILES string of the molecule is CC(C)C[C@H](NC(=O)[C@@H](NC(=O)[C@@H](N)CCC(=O)O)C(C)C)C(=O)N[C@@H](Cc1ccccc1)[C@@H](O)C(=O)N[C@@H](CC(=O)O)C(=O)N[C@@H](C)C(=O)NCC(=O)N[C@@H](Cc1ccccc1)C(=O)O. The average molecular weight is 927 g/mol. The Hall–Kier alpha value is -6.94. The van der Waals surface area contributed by atoms with E-state index < -0.39 is 127 Å². The van der Waals surface area contributed by atoms with E-state index in [1.54, 1.807) is 88.4 Å². The van der Waals surface area contributed by atoms with Crippen molar-refractivity contribution in [1.29, 1.82) is 0 Å². The van der Waals surface area contributed by atoms with Crippen LogP contribution in [0.3, 0.4) is 0 Å². The summed E-state index contributed by atoms with van der Waals surface area (Å²) in [5.41, 5.74) is 7.00. The Kier molecular flexibility index (Phi) is 22.9. The minimum absolute atomic E-state index is 0.0398. The number of aliphatic carboxylic acids is 3. The Morgan fingerprint density at radius 1 is 0.576 bits per heavy atom. The molecule has 2 rings (SSSR count). The van der Waals surface area contributed by atoms with E-state index in [9.17, 15) is 63.3 Å². The fourth-order valence-electron chi connectivity index (χ4n) is 6.38. The first-order valence-corrected chi connectivity index (χ1v) is 21.3. The van der Waals surface area contributed by atoms with Gasteiger partial charge in [0.05, 0.1) is 25.0 Å². The molecule has 0 saturated carbocycles. The number of carbonyl (C=O) groups excluding carboxylic acids is 7. The Labute approximate surface area is 381 Å². The van der Waals surface area contributed by atoms with Crippen LogP contribution in [-0.4, -0.2) is 135 Å². The Morgan fingerprint density at radius 2 is 1.12 bits per heavy atom. The third kappa shape index (κ3) is 19.8. The summed E-state index contributed by atoms with van der Waals surface area (Å²) in [6.45, 7) is 7.28. The highest BCUT2D eigenvalue weighted by molar-refractivity contribution is 5.96. The van der Waals surface area contributed by atoms with Crippen molar-refractivity contribution in [2.45, 2.75) is 122 Å². The molecule has 0 aliphatic rings. The Balaban J connectivity index is 2.22. The third-order valence-electron chi connectivity index (χ3n) is 9.97. The van der Waals surface area contributed by atoms with Crippen LogP contribution in [0.2, 0.25) is 0 Å². The maximum Gasteiger partial charge on any atom is 0.326 e. The fourth-order valence-corrected chi connectivity index (χ4v) is 6.38. The predicted molar refractivity (Wildman–Crippen MR) is 236 cm³/mol. The maximum atomic E-state index is 14.0. The molecule has 0 unspecified atom stereocenters. The van der Waals surface area contributed by atoms with Gasteiger partial charge in [-0.1, -0.05) is 88.4 Å². The van der Waals surface area contributed by atoms with Crippen LogP contribution in [0.15, 0.2) is 60.7 Å². The normalized spacial score (nSPS) is 14.7. The van der Waals surface area contributed by atoms with Gasteiger partial charge in [0, 0.05) is 12.8 Å². The quantitative estimate of drug-likeness (QED) is 0.0454. The number of hydrogen-bond donors (Lipinski definition) is 12. The molecule has 0 heterocycles.